The lowest BCUT2D eigenvalue weighted by atomic mass is 9.79. The number of amides is 2. The number of rotatable bonds is 3. The molecule has 17 heavy (non-hydrogen) atoms. The van der Waals surface area contributed by atoms with Gasteiger partial charge < -0.3 is 15.3 Å². The first-order chi connectivity index (χ1) is 8.18. The van der Waals surface area contributed by atoms with Gasteiger partial charge in [-0.25, -0.2) is 4.79 Å². The normalized spacial score (nSPS) is 29.9. The largest absolute Gasteiger partial charge is 0.481 e. The Labute approximate surface area is 101 Å². The Hall–Kier alpha value is -1.26. The van der Waals surface area contributed by atoms with Crippen LogP contribution in [0.5, 0.6) is 0 Å². The van der Waals surface area contributed by atoms with Crippen LogP contribution in [-0.4, -0.2) is 41.6 Å². The molecule has 1 saturated heterocycles. The van der Waals surface area contributed by atoms with E-state index in [1.165, 1.54) is 0 Å². The molecule has 5 heteroatoms. The number of nitrogens with zero attached hydrogens (tertiary/aromatic N) is 1. The van der Waals surface area contributed by atoms with E-state index < -0.39 is 5.97 Å². The molecule has 1 aliphatic heterocycles. The van der Waals surface area contributed by atoms with E-state index >= 15 is 0 Å². The summed E-state index contributed by atoms with van der Waals surface area (Å²) < 4.78 is 0. The number of aliphatic carboxylic acids is 1. The summed E-state index contributed by atoms with van der Waals surface area (Å²) in [6, 6.07) is -0.0361. The molecule has 2 amide bonds. The van der Waals surface area contributed by atoms with E-state index in [2.05, 4.69) is 5.32 Å². The summed E-state index contributed by atoms with van der Waals surface area (Å²) in [5.74, 6) is -0.837. The Morgan fingerprint density at radius 3 is 2.82 bits per heavy atom. The molecule has 0 spiro atoms. The standard InChI is InChI=1S/C12H20N2O3/c15-11(16)10-5-2-1-4-9(10)8-14-7-3-6-13-12(14)17/h9-10H,1-8H2,(H,13,17)(H,15,16). The van der Waals surface area contributed by atoms with Gasteiger partial charge in [-0.1, -0.05) is 12.8 Å². The number of urea groups is 1. The molecule has 0 aromatic rings. The number of carbonyl (C=O) groups excluding carboxylic acids is 1. The van der Waals surface area contributed by atoms with Gasteiger partial charge >= 0.3 is 12.0 Å². The van der Waals surface area contributed by atoms with Gasteiger partial charge in [0.15, 0.2) is 0 Å². The maximum absolute atomic E-state index is 11.6. The molecule has 2 N–H and O–H groups in total. The highest BCUT2D eigenvalue weighted by atomic mass is 16.4. The van der Waals surface area contributed by atoms with Gasteiger partial charge in [-0.15, -0.1) is 0 Å². The van der Waals surface area contributed by atoms with Crippen molar-refractivity contribution < 1.29 is 14.7 Å². The summed E-state index contributed by atoms with van der Waals surface area (Å²) in [4.78, 5) is 24.6. The Morgan fingerprint density at radius 1 is 1.35 bits per heavy atom. The zero-order chi connectivity index (χ0) is 12.3. The van der Waals surface area contributed by atoms with Crippen LogP contribution in [0.1, 0.15) is 32.1 Å². The highest BCUT2D eigenvalue weighted by Gasteiger charge is 2.33. The van der Waals surface area contributed by atoms with E-state index in [9.17, 15) is 14.7 Å². The van der Waals surface area contributed by atoms with E-state index in [4.69, 9.17) is 0 Å². The van der Waals surface area contributed by atoms with Crippen LogP contribution in [0.4, 0.5) is 4.79 Å². The van der Waals surface area contributed by atoms with Gasteiger partial charge in [0.1, 0.15) is 0 Å². The van der Waals surface area contributed by atoms with Crippen molar-refractivity contribution in [2.45, 2.75) is 32.1 Å². The van der Waals surface area contributed by atoms with E-state index in [-0.39, 0.29) is 17.9 Å². The molecule has 2 rings (SSSR count). The van der Waals surface area contributed by atoms with E-state index in [1.54, 1.807) is 4.90 Å². The molecule has 2 aliphatic rings. The average Bonchev–Trinajstić information content (AvgIpc) is 2.32. The Kier molecular flexibility index (Phi) is 3.86. The molecular weight excluding hydrogens is 220 g/mol. The number of carboxylic acids is 1. The van der Waals surface area contributed by atoms with Crippen LogP contribution in [0.2, 0.25) is 0 Å². The number of carbonyl (C=O) groups is 2. The molecule has 2 atom stereocenters. The quantitative estimate of drug-likeness (QED) is 0.781. The Bertz CT molecular complexity index is 306. The predicted octanol–water partition coefficient (Wildman–Crippen LogP) is 1.29. The van der Waals surface area contributed by atoms with E-state index in [0.29, 0.717) is 6.54 Å². The fourth-order valence-corrected chi connectivity index (χ4v) is 2.89. The molecule has 0 radical (unpaired) electrons. The SMILES string of the molecule is O=C(O)C1CCCCC1CN1CCCNC1=O. The van der Waals surface area contributed by atoms with Gasteiger partial charge in [-0.05, 0) is 25.2 Å². The molecule has 2 fully saturated rings. The van der Waals surface area contributed by atoms with Crippen molar-refractivity contribution in [2.24, 2.45) is 11.8 Å². The highest BCUT2D eigenvalue weighted by Crippen LogP contribution is 2.31. The van der Waals surface area contributed by atoms with Gasteiger partial charge in [-0.2, -0.15) is 0 Å². The van der Waals surface area contributed by atoms with Crippen molar-refractivity contribution in [3.63, 3.8) is 0 Å². The third-order valence-corrected chi connectivity index (χ3v) is 3.85. The zero-order valence-corrected chi connectivity index (χ0v) is 10.0. The minimum Gasteiger partial charge on any atom is -0.481 e. The first kappa shape index (κ1) is 12.2. The summed E-state index contributed by atoms with van der Waals surface area (Å²) in [5, 5.41) is 12.0. The monoisotopic (exact) mass is 240 g/mol. The maximum atomic E-state index is 11.6. The second kappa shape index (κ2) is 5.38. The molecule has 0 aromatic carbocycles. The highest BCUT2D eigenvalue weighted by molar-refractivity contribution is 5.75. The molecule has 1 heterocycles. The van der Waals surface area contributed by atoms with Crippen LogP contribution in [0, 0.1) is 11.8 Å². The van der Waals surface area contributed by atoms with Gasteiger partial charge in [-0.3, -0.25) is 4.79 Å². The lowest BCUT2D eigenvalue weighted by molar-refractivity contribution is -0.145. The fraction of sp³-hybridized carbons (Fsp3) is 0.833. The Balaban J connectivity index is 1.95. The van der Waals surface area contributed by atoms with Crippen molar-refractivity contribution in [3.8, 4) is 0 Å². The number of hydrogen-bond donors (Lipinski definition) is 2. The van der Waals surface area contributed by atoms with Crippen LogP contribution >= 0.6 is 0 Å². The summed E-state index contributed by atoms with van der Waals surface area (Å²) >= 11 is 0. The summed E-state index contributed by atoms with van der Waals surface area (Å²) in [6.07, 6.45) is 4.73. The minimum atomic E-state index is -0.702. The number of hydrogen-bond acceptors (Lipinski definition) is 2. The molecule has 2 unspecified atom stereocenters. The molecule has 96 valence electrons. The van der Waals surface area contributed by atoms with Crippen LogP contribution in [-0.2, 0) is 4.79 Å². The van der Waals surface area contributed by atoms with Crippen molar-refractivity contribution in [2.75, 3.05) is 19.6 Å². The topological polar surface area (TPSA) is 69.6 Å². The second-order valence-electron chi connectivity index (χ2n) is 5.02. The zero-order valence-electron chi connectivity index (χ0n) is 10.0. The second-order valence-corrected chi connectivity index (χ2v) is 5.02. The van der Waals surface area contributed by atoms with Crippen molar-refractivity contribution in [3.05, 3.63) is 0 Å². The molecule has 0 aromatic heterocycles. The van der Waals surface area contributed by atoms with Gasteiger partial charge in [0.25, 0.3) is 0 Å². The van der Waals surface area contributed by atoms with Crippen LogP contribution in [0.3, 0.4) is 0 Å². The minimum absolute atomic E-state index is 0.0361. The maximum Gasteiger partial charge on any atom is 0.317 e. The summed E-state index contributed by atoms with van der Waals surface area (Å²) in [5.41, 5.74) is 0. The van der Waals surface area contributed by atoms with E-state index in [0.717, 1.165) is 45.2 Å². The Morgan fingerprint density at radius 2 is 2.12 bits per heavy atom. The van der Waals surface area contributed by atoms with Crippen molar-refractivity contribution in [1.29, 1.82) is 0 Å². The lowest BCUT2D eigenvalue weighted by Crippen LogP contribution is -2.49. The molecular formula is C12H20N2O3. The first-order valence-electron chi connectivity index (χ1n) is 6.44. The average molecular weight is 240 g/mol. The summed E-state index contributed by atoms with van der Waals surface area (Å²) in [7, 11) is 0. The van der Waals surface area contributed by atoms with Gasteiger partial charge in [0, 0.05) is 19.6 Å². The number of nitrogens with one attached hydrogen (secondary N) is 1. The van der Waals surface area contributed by atoms with Crippen LogP contribution in [0.15, 0.2) is 0 Å². The van der Waals surface area contributed by atoms with Crippen molar-refractivity contribution in [1.82, 2.24) is 10.2 Å². The number of carboxylic acid groups (broad SMARTS) is 1. The predicted molar refractivity (Wildman–Crippen MR) is 62.7 cm³/mol. The lowest BCUT2D eigenvalue weighted by Gasteiger charge is -2.35. The molecule has 0 bridgehead atoms. The third kappa shape index (κ3) is 2.90. The summed E-state index contributed by atoms with van der Waals surface area (Å²) in [6.45, 7) is 2.10. The van der Waals surface area contributed by atoms with Gasteiger partial charge in [0.2, 0.25) is 0 Å². The fourth-order valence-electron chi connectivity index (χ4n) is 2.89. The molecule has 1 saturated carbocycles. The molecule has 5 nitrogen and oxygen atoms in total. The van der Waals surface area contributed by atoms with E-state index in [1.807, 2.05) is 0 Å². The molecule has 1 aliphatic carbocycles. The van der Waals surface area contributed by atoms with Crippen LogP contribution < -0.4 is 5.32 Å². The smallest absolute Gasteiger partial charge is 0.317 e. The van der Waals surface area contributed by atoms with Crippen LogP contribution in [0.25, 0.3) is 0 Å². The van der Waals surface area contributed by atoms with Crippen molar-refractivity contribution >= 4 is 12.0 Å². The van der Waals surface area contributed by atoms with Gasteiger partial charge in [0.05, 0.1) is 5.92 Å². The third-order valence-electron chi connectivity index (χ3n) is 3.85. The first-order valence-corrected chi connectivity index (χ1v) is 6.44.